The molecule has 0 saturated heterocycles. The zero-order valence-corrected chi connectivity index (χ0v) is 14.3. The number of esters is 1. The van der Waals surface area contributed by atoms with Gasteiger partial charge in [0.1, 0.15) is 6.61 Å². The summed E-state index contributed by atoms with van der Waals surface area (Å²) in [7, 11) is 0. The van der Waals surface area contributed by atoms with Crippen molar-refractivity contribution >= 4 is 27.5 Å². The van der Waals surface area contributed by atoms with Crippen LogP contribution in [-0.4, -0.2) is 37.1 Å². The molecule has 0 radical (unpaired) electrons. The fraction of sp³-hybridized carbons (Fsp3) is 0.286. The molecular formula is C21H23NO2. The number of rotatable bonds is 6. The van der Waals surface area contributed by atoms with Crippen molar-refractivity contribution in [3.8, 4) is 0 Å². The minimum absolute atomic E-state index is 0.246. The van der Waals surface area contributed by atoms with E-state index in [2.05, 4.69) is 30.9 Å². The minimum Gasteiger partial charge on any atom is -0.461 e. The van der Waals surface area contributed by atoms with Crippen LogP contribution in [0.25, 0.3) is 21.5 Å². The number of ether oxygens (including phenoxy) is 1. The lowest BCUT2D eigenvalue weighted by Crippen LogP contribution is -2.27. The molecule has 0 spiro atoms. The molecule has 0 saturated carbocycles. The van der Waals surface area contributed by atoms with Crippen LogP contribution in [-0.2, 0) is 4.74 Å². The van der Waals surface area contributed by atoms with Crippen molar-refractivity contribution in [3.63, 3.8) is 0 Å². The Morgan fingerprint density at radius 3 is 2.25 bits per heavy atom. The van der Waals surface area contributed by atoms with Gasteiger partial charge in [-0.15, -0.1) is 0 Å². The summed E-state index contributed by atoms with van der Waals surface area (Å²) < 4.78 is 5.54. The SMILES string of the molecule is CCN(CC)CCOC(=O)c1cc2ccccc2c2ccccc12. The molecule has 0 atom stereocenters. The van der Waals surface area contributed by atoms with Gasteiger partial charge < -0.3 is 9.64 Å². The second kappa shape index (κ2) is 7.45. The number of hydrogen-bond acceptors (Lipinski definition) is 3. The highest BCUT2D eigenvalue weighted by Gasteiger charge is 2.14. The molecule has 0 aliphatic carbocycles. The van der Waals surface area contributed by atoms with Crippen LogP contribution in [0.5, 0.6) is 0 Å². The van der Waals surface area contributed by atoms with Crippen LogP contribution < -0.4 is 0 Å². The first kappa shape index (κ1) is 16.5. The van der Waals surface area contributed by atoms with E-state index in [1.807, 2.05) is 42.5 Å². The van der Waals surface area contributed by atoms with Crippen LogP contribution in [0.1, 0.15) is 24.2 Å². The van der Waals surface area contributed by atoms with Gasteiger partial charge in [0, 0.05) is 6.54 Å². The number of carbonyl (C=O) groups is 1. The van der Waals surface area contributed by atoms with E-state index in [0.717, 1.165) is 41.2 Å². The topological polar surface area (TPSA) is 29.5 Å². The fourth-order valence-corrected chi connectivity index (χ4v) is 3.11. The van der Waals surface area contributed by atoms with Gasteiger partial charge in [0.15, 0.2) is 0 Å². The van der Waals surface area contributed by atoms with Gasteiger partial charge in [-0.1, -0.05) is 62.4 Å². The van der Waals surface area contributed by atoms with Gasteiger partial charge in [0.2, 0.25) is 0 Å². The molecular weight excluding hydrogens is 298 g/mol. The summed E-state index contributed by atoms with van der Waals surface area (Å²) in [5, 5.41) is 4.26. The minimum atomic E-state index is -0.246. The van der Waals surface area contributed by atoms with Crippen LogP contribution in [0.15, 0.2) is 54.6 Å². The molecule has 3 nitrogen and oxygen atoms in total. The summed E-state index contributed by atoms with van der Waals surface area (Å²) in [5.74, 6) is -0.246. The van der Waals surface area contributed by atoms with E-state index in [9.17, 15) is 4.79 Å². The molecule has 24 heavy (non-hydrogen) atoms. The van der Waals surface area contributed by atoms with Gasteiger partial charge in [-0.2, -0.15) is 0 Å². The quantitative estimate of drug-likeness (QED) is 0.495. The largest absolute Gasteiger partial charge is 0.461 e. The third kappa shape index (κ3) is 3.26. The van der Waals surface area contributed by atoms with E-state index < -0.39 is 0 Å². The monoisotopic (exact) mass is 321 g/mol. The van der Waals surface area contributed by atoms with E-state index in [0.29, 0.717) is 12.2 Å². The first-order chi connectivity index (χ1) is 11.7. The number of hydrogen-bond donors (Lipinski definition) is 0. The Labute approximate surface area is 142 Å². The Morgan fingerprint density at radius 2 is 1.54 bits per heavy atom. The molecule has 3 heteroatoms. The third-order valence-corrected chi connectivity index (χ3v) is 4.52. The standard InChI is InChI=1S/C21H23NO2/c1-3-22(4-2)13-14-24-21(23)20-15-16-9-5-6-10-17(16)18-11-7-8-12-19(18)20/h5-12,15H,3-4,13-14H2,1-2H3. The van der Waals surface area contributed by atoms with Crippen LogP contribution in [0.2, 0.25) is 0 Å². The summed E-state index contributed by atoms with van der Waals surface area (Å²) >= 11 is 0. The lowest BCUT2D eigenvalue weighted by atomic mass is 9.97. The predicted octanol–water partition coefficient (Wildman–Crippen LogP) is 4.49. The van der Waals surface area contributed by atoms with Crippen LogP contribution in [0.4, 0.5) is 0 Å². The van der Waals surface area contributed by atoms with E-state index in [1.165, 1.54) is 0 Å². The van der Waals surface area contributed by atoms with Crippen LogP contribution >= 0.6 is 0 Å². The summed E-state index contributed by atoms with van der Waals surface area (Å²) in [6.07, 6.45) is 0. The number of nitrogens with zero attached hydrogens (tertiary/aromatic N) is 1. The van der Waals surface area contributed by atoms with Crippen molar-refractivity contribution in [3.05, 3.63) is 60.2 Å². The van der Waals surface area contributed by atoms with Gasteiger partial charge in [0.05, 0.1) is 5.56 Å². The number of likely N-dealkylation sites (N-methyl/N-ethyl adjacent to an activating group) is 1. The van der Waals surface area contributed by atoms with Crippen molar-refractivity contribution in [2.24, 2.45) is 0 Å². The van der Waals surface area contributed by atoms with E-state index in [-0.39, 0.29) is 5.97 Å². The molecule has 0 aliphatic heterocycles. The molecule has 3 rings (SSSR count). The third-order valence-electron chi connectivity index (χ3n) is 4.52. The molecule has 3 aromatic carbocycles. The van der Waals surface area contributed by atoms with Crippen molar-refractivity contribution in [1.29, 1.82) is 0 Å². The lowest BCUT2D eigenvalue weighted by Gasteiger charge is -2.17. The molecule has 0 amide bonds. The Kier molecular flexibility index (Phi) is 5.11. The summed E-state index contributed by atoms with van der Waals surface area (Å²) in [6, 6.07) is 18.1. The second-order valence-corrected chi connectivity index (χ2v) is 5.85. The maximum absolute atomic E-state index is 12.6. The number of benzene rings is 3. The normalized spacial score (nSPS) is 11.3. The maximum Gasteiger partial charge on any atom is 0.338 e. The Morgan fingerprint density at radius 1 is 0.917 bits per heavy atom. The number of carbonyl (C=O) groups excluding carboxylic acids is 1. The zero-order valence-electron chi connectivity index (χ0n) is 14.3. The van der Waals surface area contributed by atoms with E-state index in [4.69, 9.17) is 4.74 Å². The van der Waals surface area contributed by atoms with E-state index in [1.54, 1.807) is 0 Å². The Bertz CT molecular complexity index is 853. The molecule has 0 bridgehead atoms. The Hall–Kier alpha value is -2.39. The molecule has 0 heterocycles. The van der Waals surface area contributed by atoms with E-state index >= 15 is 0 Å². The molecule has 124 valence electrons. The van der Waals surface area contributed by atoms with Crippen LogP contribution in [0.3, 0.4) is 0 Å². The van der Waals surface area contributed by atoms with Crippen molar-refractivity contribution < 1.29 is 9.53 Å². The smallest absolute Gasteiger partial charge is 0.338 e. The van der Waals surface area contributed by atoms with Gasteiger partial charge in [-0.25, -0.2) is 4.79 Å². The average molecular weight is 321 g/mol. The predicted molar refractivity (Wildman–Crippen MR) is 99.5 cm³/mol. The molecule has 3 aromatic rings. The number of fused-ring (bicyclic) bond motifs is 3. The van der Waals surface area contributed by atoms with Crippen molar-refractivity contribution in [2.75, 3.05) is 26.2 Å². The average Bonchev–Trinajstić information content (AvgIpc) is 2.64. The highest BCUT2D eigenvalue weighted by Crippen LogP contribution is 2.29. The maximum atomic E-state index is 12.6. The molecule has 0 unspecified atom stereocenters. The lowest BCUT2D eigenvalue weighted by molar-refractivity contribution is 0.0469. The summed E-state index contributed by atoms with van der Waals surface area (Å²) in [5.41, 5.74) is 0.642. The summed E-state index contributed by atoms with van der Waals surface area (Å²) in [6.45, 7) is 7.34. The fourth-order valence-electron chi connectivity index (χ4n) is 3.11. The molecule has 0 aliphatic rings. The first-order valence-corrected chi connectivity index (χ1v) is 8.54. The second-order valence-electron chi connectivity index (χ2n) is 5.85. The Balaban J connectivity index is 1.91. The molecule has 0 aromatic heterocycles. The highest BCUT2D eigenvalue weighted by molar-refractivity contribution is 6.15. The molecule has 0 N–H and O–H groups in total. The first-order valence-electron chi connectivity index (χ1n) is 8.54. The van der Waals surface area contributed by atoms with Gasteiger partial charge in [-0.05, 0) is 40.7 Å². The zero-order chi connectivity index (χ0) is 16.9. The van der Waals surface area contributed by atoms with Gasteiger partial charge >= 0.3 is 5.97 Å². The van der Waals surface area contributed by atoms with Gasteiger partial charge in [-0.3, -0.25) is 0 Å². The van der Waals surface area contributed by atoms with Crippen molar-refractivity contribution in [1.82, 2.24) is 4.90 Å². The van der Waals surface area contributed by atoms with Crippen LogP contribution in [0, 0.1) is 0 Å². The highest BCUT2D eigenvalue weighted by atomic mass is 16.5. The van der Waals surface area contributed by atoms with Crippen molar-refractivity contribution in [2.45, 2.75) is 13.8 Å². The van der Waals surface area contributed by atoms with Gasteiger partial charge in [0.25, 0.3) is 0 Å². The molecule has 0 fully saturated rings. The summed E-state index contributed by atoms with van der Waals surface area (Å²) in [4.78, 5) is 14.9.